The number of hydrogen-bond donors (Lipinski definition) is 2. The van der Waals surface area contributed by atoms with Gasteiger partial charge >= 0.3 is 39.7 Å². The SMILES string of the molecule is O=S(=O)(OC(S)CCS)C1=NCCS1.[NaH]. The van der Waals surface area contributed by atoms with Crippen LogP contribution >= 0.6 is 37.0 Å². The molecular formula is C6H12NNaO3S4. The van der Waals surface area contributed by atoms with Crippen LogP contribution in [0.2, 0.25) is 0 Å². The number of rotatable bonds is 4. The fourth-order valence-corrected chi connectivity index (χ4v) is 3.93. The standard InChI is InChI=1S/C6H11NO3S4.Na.H/c8-14(9,6-7-2-4-13-6)10-5(12)1-3-11;;/h5,11-12H,1-4H2;;. The van der Waals surface area contributed by atoms with Gasteiger partial charge in [-0.2, -0.15) is 21.0 Å². The van der Waals surface area contributed by atoms with Crippen LogP contribution in [-0.2, 0) is 14.3 Å². The van der Waals surface area contributed by atoms with Gasteiger partial charge in [0.2, 0.25) is 4.38 Å². The van der Waals surface area contributed by atoms with Crippen LogP contribution < -0.4 is 0 Å². The number of thioether (sulfide) groups is 1. The maximum absolute atomic E-state index is 11.5. The van der Waals surface area contributed by atoms with Crippen LogP contribution in [0.5, 0.6) is 0 Å². The Hall–Kier alpha value is 1.63. The van der Waals surface area contributed by atoms with E-state index in [9.17, 15) is 8.42 Å². The van der Waals surface area contributed by atoms with E-state index in [-0.39, 0.29) is 33.9 Å². The predicted molar refractivity (Wildman–Crippen MR) is 73.2 cm³/mol. The van der Waals surface area contributed by atoms with Gasteiger partial charge in [-0.1, -0.05) is 11.8 Å². The summed E-state index contributed by atoms with van der Waals surface area (Å²) in [5.41, 5.74) is -0.638. The van der Waals surface area contributed by atoms with E-state index in [1.54, 1.807) is 0 Å². The van der Waals surface area contributed by atoms with Crippen molar-refractivity contribution in [3.63, 3.8) is 0 Å². The molecule has 1 aliphatic heterocycles. The molecule has 9 heteroatoms. The summed E-state index contributed by atoms with van der Waals surface area (Å²) in [5, 5.41) is 0. The second-order valence-electron chi connectivity index (χ2n) is 2.51. The molecule has 4 nitrogen and oxygen atoms in total. The van der Waals surface area contributed by atoms with Crippen molar-refractivity contribution in [2.45, 2.75) is 11.9 Å². The van der Waals surface area contributed by atoms with Crippen molar-refractivity contribution < 1.29 is 12.6 Å². The molecule has 0 aromatic heterocycles. The van der Waals surface area contributed by atoms with E-state index in [4.69, 9.17) is 4.18 Å². The minimum atomic E-state index is -3.68. The summed E-state index contributed by atoms with van der Waals surface area (Å²) < 4.78 is 27.8. The van der Waals surface area contributed by atoms with Gasteiger partial charge in [0.1, 0.15) is 5.44 Å². The van der Waals surface area contributed by atoms with E-state index in [1.165, 1.54) is 11.8 Å². The second-order valence-corrected chi connectivity index (χ2v) is 6.37. The third kappa shape index (κ3) is 5.67. The van der Waals surface area contributed by atoms with E-state index >= 15 is 0 Å². The molecule has 15 heavy (non-hydrogen) atoms. The molecule has 1 atom stereocenters. The summed E-state index contributed by atoms with van der Waals surface area (Å²) in [7, 11) is -3.68. The monoisotopic (exact) mass is 297 g/mol. The summed E-state index contributed by atoms with van der Waals surface area (Å²) in [6.45, 7) is 0.534. The Morgan fingerprint density at radius 3 is 2.73 bits per heavy atom. The third-order valence-electron chi connectivity index (χ3n) is 1.39. The predicted octanol–water partition coefficient (Wildman–Crippen LogP) is 0.363. The number of nitrogens with zero attached hydrogens (tertiary/aromatic N) is 1. The Bertz CT molecular complexity index is 318. The number of aliphatic imine (C=N–C) groups is 1. The first kappa shape index (κ1) is 16.6. The summed E-state index contributed by atoms with van der Waals surface area (Å²) in [5.74, 6) is 1.23. The van der Waals surface area contributed by atoms with Gasteiger partial charge in [0.15, 0.2) is 0 Å². The van der Waals surface area contributed by atoms with Gasteiger partial charge in [-0.3, -0.25) is 9.18 Å². The van der Waals surface area contributed by atoms with Gasteiger partial charge in [-0.15, -0.1) is 12.6 Å². The van der Waals surface area contributed by atoms with Crippen LogP contribution in [0.4, 0.5) is 0 Å². The molecule has 0 N–H and O–H groups in total. The maximum atomic E-state index is 11.5. The number of thiol groups is 2. The zero-order valence-electron chi connectivity index (χ0n) is 7.29. The van der Waals surface area contributed by atoms with Crippen molar-refractivity contribution in [3.05, 3.63) is 0 Å². The normalized spacial score (nSPS) is 18.1. The first-order valence-electron chi connectivity index (χ1n) is 3.96. The van der Waals surface area contributed by atoms with E-state index in [0.717, 1.165) is 0 Å². The van der Waals surface area contributed by atoms with Gasteiger partial charge in [0.25, 0.3) is 0 Å². The van der Waals surface area contributed by atoms with Crippen LogP contribution in [0.25, 0.3) is 0 Å². The third-order valence-corrected chi connectivity index (χ3v) is 4.92. The molecule has 1 rings (SSSR count). The molecule has 0 bridgehead atoms. The van der Waals surface area contributed by atoms with Crippen LogP contribution in [0, 0.1) is 0 Å². The Kier molecular flexibility index (Phi) is 8.71. The minimum absolute atomic E-state index is 0. The number of hydrogen-bond acceptors (Lipinski definition) is 7. The summed E-state index contributed by atoms with van der Waals surface area (Å²) in [6, 6.07) is 0. The molecule has 1 heterocycles. The second kappa shape index (κ2) is 7.86. The molecule has 0 saturated heterocycles. The molecule has 1 unspecified atom stereocenters. The Morgan fingerprint density at radius 1 is 1.60 bits per heavy atom. The quantitative estimate of drug-likeness (QED) is 0.341. The Morgan fingerprint density at radius 2 is 2.27 bits per heavy atom. The molecular weight excluding hydrogens is 285 g/mol. The van der Waals surface area contributed by atoms with Crippen molar-refractivity contribution in [3.8, 4) is 0 Å². The molecule has 0 spiro atoms. The summed E-state index contributed by atoms with van der Waals surface area (Å²) >= 11 is 9.14. The topological polar surface area (TPSA) is 55.7 Å². The van der Waals surface area contributed by atoms with Crippen LogP contribution in [0.3, 0.4) is 0 Å². The fourth-order valence-electron chi connectivity index (χ4n) is 0.813. The molecule has 0 aromatic carbocycles. The molecule has 1 aliphatic rings. The molecule has 0 fully saturated rings. The Balaban J connectivity index is 0.00000196. The van der Waals surface area contributed by atoms with Crippen molar-refractivity contribution in [1.82, 2.24) is 0 Å². The van der Waals surface area contributed by atoms with Crippen LogP contribution in [0.1, 0.15) is 6.42 Å². The fraction of sp³-hybridized carbons (Fsp3) is 0.833. The molecule has 0 saturated carbocycles. The Labute approximate surface area is 127 Å². The average Bonchev–Trinajstić information content (AvgIpc) is 2.54. The van der Waals surface area contributed by atoms with Crippen molar-refractivity contribution in [2.75, 3.05) is 18.1 Å². The van der Waals surface area contributed by atoms with Gasteiger partial charge in [0.05, 0.1) is 6.54 Å². The van der Waals surface area contributed by atoms with Crippen molar-refractivity contribution in [1.29, 1.82) is 0 Å². The van der Waals surface area contributed by atoms with Gasteiger partial charge in [-0.25, -0.2) is 0 Å². The van der Waals surface area contributed by atoms with Crippen molar-refractivity contribution >= 4 is 81.1 Å². The average molecular weight is 297 g/mol. The van der Waals surface area contributed by atoms with Gasteiger partial charge in [-0.05, 0) is 12.2 Å². The van der Waals surface area contributed by atoms with Crippen LogP contribution in [-0.4, -0.2) is 65.8 Å². The molecule has 0 radical (unpaired) electrons. The molecule has 84 valence electrons. The first-order chi connectivity index (χ1) is 6.56. The zero-order valence-corrected chi connectivity index (χ0v) is 10.7. The van der Waals surface area contributed by atoms with Crippen LogP contribution in [0.15, 0.2) is 4.99 Å². The van der Waals surface area contributed by atoms with E-state index in [0.29, 0.717) is 24.5 Å². The first-order valence-corrected chi connectivity index (χ1v) is 7.50. The van der Waals surface area contributed by atoms with E-state index in [2.05, 4.69) is 30.2 Å². The van der Waals surface area contributed by atoms with Crippen molar-refractivity contribution in [2.24, 2.45) is 4.99 Å². The summed E-state index contributed by atoms with van der Waals surface area (Å²) in [6.07, 6.45) is 0.476. The molecule has 0 aliphatic carbocycles. The zero-order chi connectivity index (χ0) is 10.6. The van der Waals surface area contributed by atoms with E-state index in [1.807, 2.05) is 0 Å². The molecule has 0 amide bonds. The molecule has 0 aromatic rings. The van der Waals surface area contributed by atoms with Gasteiger partial charge in [0, 0.05) is 5.75 Å². The van der Waals surface area contributed by atoms with E-state index < -0.39 is 15.6 Å². The van der Waals surface area contributed by atoms with Gasteiger partial charge < -0.3 is 0 Å². The summed E-state index contributed by atoms with van der Waals surface area (Å²) in [4.78, 5) is 3.83.